The molecule has 0 fully saturated rings. The average molecular weight is 421 g/mol. The molecule has 2 aromatic carbocycles. The summed E-state index contributed by atoms with van der Waals surface area (Å²) < 4.78 is 13.8. The summed E-state index contributed by atoms with van der Waals surface area (Å²) in [6.07, 6.45) is 1.84. The quantitative estimate of drug-likeness (QED) is 0.518. The van der Waals surface area contributed by atoms with Crippen molar-refractivity contribution in [2.24, 2.45) is 5.92 Å². The molecule has 1 unspecified atom stereocenters. The molecule has 4 heteroatoms. The summed E-state index contributed by atoms with van der Waals surface area (Å²) in [5.41, 5.74) is 2.35. The number of benzene rings is 2. The summed E-state index contributed by atoms with van der Waals surface area (Å²) in [5, 5.41) is 1.66. The van der Waals surface area contributed by atoms with E-state index in [4.69, 9.17) is 11.6 Å². The lowest BCUT2D eigenvalue weighted by molar-refractivity contribution is 0.586. The largest absolute Gasteiger partial charge is 0.206 e. The van der Waals surface area contributed by atoms with Crippen molar-refractivity contribution in [3.63, 3.8) is 0 Å². The van der Waals surface area contributed by atoms with Crippen LogP contribution in [0.5, 0.6) is 0 Å². The SMILES string of the molecule is Fc1ccc(CC(CBr)Cc2cccc(Cl)c2)cc1Br. The third-order valence-electron chi connectivity index (χ3n) is 3.14. The molecule has 2 aromatic rings. The molecule has 0 bridgehead atoms. The number of hydrogen-bond acceptors (Lipinski definition) is 0. The van der Waals surface area contributed by atoms with Crippen molar-refractivity contribution in [3.05, 3.63) is 68.9 Å². The van der Waals surface area contributed by atoms with Gasteiger partial charge in [0.2, 0.25) is 0 Å². The molecular formula is C16H14Br2ClF. The Hall–Kier alpha value is -0.380. The van der Waals surface area contributed by atoms with Crippen molar-refractivity contribution < 1.29 is 4.39 Å². The second-order valence-corrected chi connectivity index (χ2v) is 6.75. The van der Waals surface area contributed by atoms with Crippen LogP contribution >= 0.6 is 43.5 Å². The molecule has 2 rings (SSSR count). The summed E-state index contributed by atoms with van der Waals surface area (Å²) in [6.45, 7) is 0. The van der Waals surface area contributed by atoms with Gasteiger partial charge in [0.1, 0.15) is 5.82 Å². The Kier molecular flexibility index (Phi) is 6.06. The lowest BCUT2D eigenvalue weighted by Crippen LogP contribution is -2.10. The van der Waals surface area contributed by atoms with Gasteiger partial charge in [-0.15, -0.1) is 0 Å². The monoisotopic (exact) mass is 418 g/mol. The van der Waals surface area contributed by atoms with E-state index >= 15 is 0 Å². The van der Waals surface area contributed by atoms with Crippen LogP contribution in [0.15, 0.2) is 46.9 Å². The molecule has 0 nitrogen and oxygen atoms in total. The number of halogens is 4. The zero-order valence-electron chi connectivity index (χ0n) is 10.8. The van der Waals surface area contributed by atoms with E-state index < -0.39 is 0 Å². The molecule has 0 aliphatic carbocycles. The summed E-state index contributed by atoms with van der Waals surface area (Å²) >= 11 is 12.8. The number of rotatable bonds is 5. The molecule has 0 spiro atoms. The first-order chi connectivity index (χ1) is 9.58. The first-order valence-electron chi connectivity index (χ1n) is 6.33. The van der Waals surface area contributed by atoms with E-state index in [1.54, 1.807) is 0 Å². The standard InChI is InChI=1S/C16H14Br2ClF/c17-10-13(6-11-2-1-3-14(19)8-11)7-12-4-5-16(20)15(18)9-12/h1-5,8-9,13H,6-7,10H2. The molecule has 0 amide bonds. The smallest absolute Gasteiger partial charge is 0.137 e. The van der Waals surface area contributed by atoms with Gasteiger partial charge in [-0.1, -0.05) is 45.7 Å². The summed E-state index contributed by atoms with van der Waals surface area (Å²) in [4.78, 5) is 0. The Labute approximate surface area is 140 Å². The van der Waals surface area contributed by atoms with E-state index in [1.165, 1.54) is 11.6 Å². The van der Waals surface area contributed by atoms with Gasteiger partial charge in [0.05, 0.1) is 4.47 Å². The van der Waals surface area contributed by atoms with Crippen LogP contribution in [-0.2, 0) is 12.8 Å². The lowest BCUT2D eigenvalue weighted by Gasteiger charge is -2.15. The van der Waals surface area contributed by atoms with Crippen molar-refractivity contribution in [1.29, 1.82) is 0 Å². The van der Waals surface area contributed by atoms with Crippen LogP contribution < -0.4 is 0 Å². The van der Waals surface area contributed by atoms with Gasteiger partial charge in [0, 0.05) is 10.4 Å². The minimum Gasteiger partial charge on any atom is -0.206 e. The molecule has 0 radical (unpaired) electrons. The van der Waals surface area contributed by atoms with Crippen LogP contribution in [0.2, 0.25) is 5.02 Å². The zero-order chi connectivity index (χ0) is 14.5. The van der Waals surface area contributed by atoms with Crippen LogP contribution in [0.1, 0.15) is 11.1 Å². The molecular weight excluding hydrogens is 406 g/mol. The number of hydrogen-bond donors (Lipinski definition) is 0. The molecule has 0 saturated heterocycles. The predicted molar refractivity (Wildman–Crippen MR) is 90.2 cm³/mol. The topological polar surface area (TPSA) is 0 Å². The Morgan fingerprint density at radius 2 is 1.75 bits per heavy atom. The summed E-state index contributed by atoms with van der Waals surface area (Å²) in [6, 6.07) is 13.1. The first kappa shape index (κ1) is 16.0. The molecule has 20 heavy (non-hydrogen) atoms. The van der Waals surface area contributed by atoms with Crippen molar-refractivity contribution in [3.8, 4) is 0 Å². The van der Waals surface area contributed by atoms with Crippen molar-refractivity contribution in [2.75, 3.05) is 5.33 Å². The van der Waals surface area contributed by atoms with Crippen LogP contribution in [0.4, 0.5) is 4.39 Å². The first-order valence-corrected chi connectivity index (χ1v) is 8.62. The lowest BCUT2D eigenvalue weighted by atomic mass is 9.94. The molecule has 0 aliphatic heterocycles. The van der Waals surface area contributed by atoms with Gasteiger partial charge in [0.15, 0.2) is 0 Å². The van der Waals surface area contributed by atoms with E-state index in [2.05, 4.69) is 37.9 Å². The van der Waals surface area contributed by atoms with E-state index in [-0.39, 0.29) is 5.82 Å². The highest BCUT2D eigenvalue weighted by molar-refractivity contribution is 9.10. The molecule has 0 heterocycles. The van der Waals surface area contributed by atoms with Gasteiger partial charge < -0.3 is 0 Å². The molecule has 0 aliphatic rings. The van der Waals surface area contributed by atoms with Crippen molar-refractivity contribution in [2.45, 2.75) is 12.8 Å². The fourth-order valence-electron chi connectivity index (χ4n) is 2.18. The van der Waals surface area contributed by atoms with Crippen molar-refractivity contribution in [1.82, 2.24) is 0 Å². The molecule has 0 N–H and O–H groups in total. The fraction of sp³-hybridized carbons (Fsp3) is 0.250. The highest BCUT2D eigenvalue weighted by atomic mass is 79.9. The average Bonchev–Trinajstić information content (AvgIpc) is 2.42. The Morgan fingerprint density at radius 3 is 2.35 bits per heavy atom. The number of alkyl halides is 1. The van der Waals surface area contributed by atoms with E-state index in [0.717, 1.165) is 28.8 Å². The maximum atomic E-state index is 13.2. The van der Waals surface area contributed by atoms with Crippen molar-refractivity contribution >= 4 is 43.5 Å². The van der Waals surface area contributed by atoms with Gasteiger partial charge in [-0.25, -0.2) is 4.39 Å². The highest BCUT2D eigenvalue weighted by Crippen LogP contribution is 2.22. The minimum absolute atomic E-state index is 0.223. The fourth-order valence-corrected chi connectivity index (χ4v) is 3.28. The Bertz CT molecular complexity index is 586. The Morgan fingerprint density at radius 1 is 1.05 bits per heavy atom. The van der Waals surface area contributed by atoms with Gasteiger partial charge in [-0.3, -0.25) is 0 Å². The molecule has 0 aromatic heterocycles. The highest BCUT2D eigenvalue weighted by Gasteiger charge is 2.11. The van der Waals surface area contributed by atoms with Gasteiger partial charge in [-0.05, 0) is 70.1 Å². The maximum absolute atomic E-state index is 13.2. The van der Waals surface area contributed by atoms with Gasteiger partial charge in [-0.2, -0.15) is 0 Å². The maximum Gasteiger partial charge on any atom is 0.137 e. The van der Waals surface area contributed by atoms with E-state index in [0.29, 0.717) is 10.4 Å². The van der Waals surface area contributed by atoms with Crippen LogP contribution in [0.3, 0.4) is 0 Å². The van der Waals surface area contributed by atoms with Crippen LogP contribution in [0, 0.1) is 11.7 Å². The predicted octanol–water partition coefficient (Wildman–Crippen LogP) is 6.04. The molecule has 1 atom stereocenters. The van der Waals surface area contributed by atoms with Gasteiger partial charge in [0.25, 0.3) is 0 Å². The summed E-state index contributed by atoms with van der Waals surface area (Å²) in [5.74, 6) is 0.227. The second kappa shape index (κ2) is 7.58. The second-order valence-electron chi connectivity index (χ2n) is 4.81. The van der Waals surface area contributed by atoms with E-state index in [9.17, 15) is 4.39 Å². The minimum atomic E-state index is -0.223. The van der Waals surface area contributed by atoms with E-state index in [1.807, 2.05) is 30.3 Å². The van der Waals surface area contributed by atoms with Gasteiger partial charge >= 0.3 is 0 Å². The molecule has 0 saturated carbocycles. The van der Waals surface area contributed by atoms with Crippen LogP contribution in [-0.4, -0.2) is 5.33 Å². The third kappa shape index (κ3) is 4.57. The normalized spacial score (nSPS) is 12.4. The zero-order valence-corrected chi connectivity index (χ0v) is 14.7. The third-order valence-corrected chi connectivity index (χ3v) is 4.90. The molecule has 106 valence electrons. The Balaban J connectivity index is 2.07. The van der Waals surface area contributed by atoms with Crippen LogP contribution in [0.25, 0.3) is 0 Å². The summed E-state index contributed by atoms with van der Waals surface area (Å²) in [7, 11) is 0.